The van der Waals surface area contributed by atoms with Crippen LogP contribution < -0.4 is 5.73 Å². The van der Waals surface area contributed by atoms with E-state index in [4.69, 9.17) is 15.2 Å². The topological polar surface area (TPSA) is 44.5 Å². The first-order valence-corrected chi connectivity index (χ1v) is 6.83. The van der Waals surface area contributed by atoms with Crippen LogP contribution in [-0.2, 0) is 9.47 Å². The summed E-state index contributed by atoms with van der Waals surface area (Å²) in [4.78, 5) is 0. The molecule has 94 valence electrons. The minimum absolute atomic E-state index is 0.341. The van der Waals surface area contributed by atoms with Crippen molar-refractivity contribution in [1.29, 1.82) is 0 Å². The van der Waals surface area contributed by atoms with Crippen molar-refractivity contribution in [3.63, 3.8) is 0 Å². The molecule has 2 N–H and O–H groups in total. The van der Waals surface area contributed by atoms with E-state index >= 15 is 0 Å². The van der Waals surface area contributed by atoms with Gasteiger partial charge in [0.15, 0.2) is 0 Å². The van der Waals surface area contributed by atoms with Crippen LogP contribution in [0, 0.1) is 0 Å². The predicted molar refractivity (Wildman–Crippen MR) is 64.4 cm³/mol. The van der Waals surface area contributed by atoms with Gasteiger partial charge in [-0.3, -0.25) is 0 Å². The van der Waals surface area contributed by atoms with Crippen LogP contribution in [0.25, 0.3) is 0 Å². The second-order valence-electron chi connectivity index (χ2n) is 5.18. The molecular weight excluding hydrogens is 202 g/mol. The van der Waals surface area contributed by atoms with E-state index in [0.29, 0.717) is 18.2 Å². The van der Waals surface area contributed by atoms with Crippen LogP contribution >= 0.6 is 0 Å². The summed E-state index contributed by atoms with van der Waals surface area (Å²) in [5.74, 6) is 0. The van der Waals surface area contributed by atoms with Gasteiger partial charge in [0.2, 0.25) is 0 Å². The lowest BCUT2D eigenvalue weighted by Gasteiger charge is -2.16. The molecule has 2 atom stereocenters. The lowest BCUT2D eigenvalue weighted by molar-refractivity contribution is 0.0934. The van der Waals surface area contributed by atoms with Crippen molar-refractivity contribution in [2.24, 2.45) is 5.73 Å². The molecule has 0 aliphatic carbocycles. The fourth-order valence-corrected chi connectivity index (χ4v) is 2.69. The second kappa shape index (κ2) is 6.58. The van der Waals surface area contributed by atoms with Gasteiger partial charge in [0.05, 0.1) is 12.2 Å². The molecule has 0 radical (unpaired) electrons. The molecule has 2 unspecified atom stereocenters. The van der Waals surface area contributed by atoms with Crippen molar-refractivity contribution in [2.45, 2.75) is 69.6 Å². The Hall–Kier alpha value is -0.120. The van der Waals surface area contributed by atoms with Crippen molar-refractivity contribution < 1.29 is 9.47 Å². The molecule has 0 bridgehead atoms. The van der Waals surface area contributed by atoms with E-state index in [1.165, 1.54) is 25.7 Å². The monoisotopic (exact) mass is 227 g/mol. The molecule has 0 aromatic heterocycles. The summed E-state index contributed by atoms with van der Waals surface area (Å²) in [6.45, 7) is 1.91. The zero-order valence-corrected chi connectivity index (χ0v) is 10.2. The van der Waals surface area contributed by atoms with Gasteiger partial charge in [-0.1, -0.05) is 0 Å². The zero-order chi connectivity index (χ0) is 11.2. The third-order valence-electron chi connectivity index (χ3n) is 3.77. The Morgan fingerprint density at radius 3 is 1.81 bits per heavy atom. The first-order valence-electron chi connectivity index (χ1n) is 6.83. The average Bonchev–Trinajstić information content (AvgIpc) is 2.96. The first-order chi connectivity index (χ1) is 7.84. The van der Waals surface area contributed by atoms with E-state index < -0.39 is 0 Å². The van der Waals surface area contributed by atoms with Gasteiger partial charge in [-0.2, -0.15) is 0 Å². The number of rotatable bonds is 6. The van der Waals surface area contributed by atoms with Gasteiger partial charge in [-0.05, 0) is 51.4 Å². The van der Waals surface area contributed by atoms with E-state index in [1.807, 2.05) is 0 Å². The number of ether oxygens (including phenoxy) is 2. The molecule has 3 heteroatoms. The first kappa shape index (κ1) is 12.3. The molecule has 0 amide bonds. The normalized spacial score (nSPS) is 32.1. The highest BCUT2D eigenvalue weighted by Crippen LogP contribution is 2.21. The van der Waals surface area contributed by atoms with Crippen molar-refractivity contribution in [2.75, 3.05) is 13.2 Å². The maximum absolute atomic E-state index is 6.12. The van der Waals surface area contributed by atoms with Crippen molar-refractivity contribution in [3.05, 3.63) is 0 Å². The lowest BCUT2D eigenvalue weighted by Crippen LogP contribution is -2.23. The van der Waals surface area contributed by atoms with Gasteiger partial charge in [-0.25, -0.2) is 0 Å². The molecule has 2 aliphatic rings. The Kier molecular flexibility index (Phi) is 5.07. The lowest BCUT2D eigenvalue weighted by atomic mass is 10.0. The Balaban J connectivity index is 1.51. The van der Waals surface area contributed by atoms with Crippen LogP contribution in [0.1, 0.15) is 51.4 Å². The van der Waals surface area contributed by atoms with Crippen molar-refractivity contribution in [1.82, 2.24) is 0 Å². The van der Waals surface area contributed by atoms with E-state index in [2.05, 4.69) is 0 Å². The average molecular weight is 227 g/mol. The van der Waals surface area contributed by atoms with Crippen LogP contribution in [0.5, 0.6) is 0 Å². The quantitative estimate of drug-likeness (QED) is 0.757. The van der Waals surface area contributed by atoms with Gasteiger partial charge in [-0.15, -0.1) is 0 Å². The van der Waals surface area contributed by atoms with Gasteiger partial charge in [0.1, 0.15) is 0 Å². The Labute approximate surface area is 98.7 Å². The molecule has 16 heavy (non-hydrogen) atoms. The van der Waals surface area contributed by atoms with E-state index in [9.17, 15) is 0 Å². The maximum atomic E-state index is 6.12. The van der Waals surface area contributed by atoms with Crippen LogP contribution in [0.2, 0.25) is 0 Å². The number of hydrogen-bond donors (Lipinski definition) is 1. The van der Waals surface area contributed by atoms with Gasteiger partial charge >= 0.3 is 0 Å². The molecule has 2 heterocycles. The summed E-state index contributed by atoms with van der Waals surface area (Å²) in [7, 11) is 0. The third kappa shape index (κ3) is 4.04. The van der Waals surface area contributed by atoms with Gasteiger partial charge in [0.25, 0.3) is 0 Å². The summed E-state index contributed by atoms with van der Waals surface area (Å²) in [5.41, 5.74) is 6.12. The Bertz CT molecular complexity index is 166. The summed E-state index contributed by atoms with van der Waals surface area (Å²) in [6.07, 6.45) is 10.4. The van der Waals surface area contributed by atoms with Crippen LogP contribution in [0.15, 0.2) is 0 Å². The van der Waals surface area contributed by atoms with Gasteiger partial charge < -0.3 is 15.2 Å². The Morgan fingerprint density at radius 2 is 1.44 bits per heavy atom. The minimum atomic E-state index is 0.341. The summed E-state index contributed by atoms with van der Waals surface area (Å²) in [5, 5.41) is 0. The van der Waals surface area contributed by atoms with Crippen molar-refractivity contribution >= 4 is 0 Å². The van der Waals surface area contributed by atoms with Crippen LogP contribution in [0.4, 0.5) is 0 Å². The van der Waals surface area contributed by atoms with E-state index in [-0.39, 0.29) is 0 Å². The predicted octanol–water partition coefficient (Wildman–Crippen LogP) is 2.23. The fraction of sp³-hybridized carbons (Fsp3) is 1.00. The molecule has 2 saturated heterocycles. The standard InChI is InChI=1S/C13H25NO2/c14-11(5-7-12-3-1-9-15-12)6-8-13-4-2-10-16-13/h11-13H,1-10,14H2. The highest BCUT2D eigenvalue weighted by molar-refractivity contribution is 4.72. The second-order valence-corrected chi connectivity index (χ2v) is 5.18. The van der Waals surface area contributed by atoms with Crippen LogP contribution in [-0.4, -0.2) is 31.5 Å². The SMILES string of the molecule is NC(CCC1CCCO1)CCC1CCCO1. The van der Waals surface area contributed by atoms with Gasteiger partial charge in [0, 0.05) is 19.3 Å². The smallest absolute Gasteiger partial charge is 0.0576 e. The molecule has 0 spiro atoms. The molecule has 2 rings (SSSR count). The highest BCUT2D eigenvalue weighted by atomic mass is 16.5. The van der Waals surface area contributed by atoms with E-state index in [1.54, 1.807) is 0 Å². The molecular formula is C13H25NO2. The summed E-state index contributed by atoms with van der Waals surface area (Å²) in [6, 6.07) is 0.341. The molecule has 2 aliphatic heterocycles. The molecule has 0 saturated carbocycles. The maximum Gasteiger partial charge on any atom is 0.0576 e. The molecule has 3 nitrogen and oxygen atoms in total. The summed E-state index contributed by atoms with van der Waals surface area (Å²) >= 11 is 0. The molecule has 2 fully saturated rings. The van der Waals surface area contributed by atoms with E-state index in [0.717, 1.165) is 38.9 Å². The van der Waals surface area contributed by atoms with Crippen LogP contribution in [0.3, 0.4) is 0 Å². The summed E-state index contributed by atoms with van der Waals surface area (Å²) < 4.78 is 11.2. The van der Waals surface area contributed by atoms with Crippen molar-refractivity contribution in [3.8, 4) is 0 Å². The molecule has 0 aromatic carbocycles. The fourth-order valence-electron chi connectivity index (χ4n) is 2.69. The largest absolute Gasteiger partial charge is 0.378 e. The molecule has 0 aromatic rings. The Morgan fingerprint density at radius 1 is 0.938 bits per heavy atom. The number of hydrogen-bond acceptors (Lipinski definition) is 3. The zero-order valence-electron chi connectivity index (χ0n) is 10.2. The highest BCUT2D eigenvalue weighted by Gasteiger charge is 2.19. The minimum Gasteiger partial charge on any atom is -0.378 e. The number of nitrogens with two attached hydrogens (primary N) is 1. The third-order valence-corrected chi connectivity index (χ3v) is 3.77.